The Morgan fingerprint density at radius 2 is 2.09 bits per heavy atom. The molecule has 1 saturated heterocycles. The van der Waals surface area contributed by atoms with Crippen LogP contribution in [-0.2, 0) is 9.53 Å². The topological polar surface area (TPSA) is 59.6 Å². The van der Waals surface area contributed by atoms with Crippen molar-refractivity contribution in [2.24, 2.45) is 5.92 Å². The summed E-state index contributed by atoms with van der Waals surface area (Å²) >= 11 is 0. The van der Waals surface area contributed by atoms with Crippen molar-refractivity contribution >= 4 is 5.91 Å². The molecule has 1 heterocycles. The molecule has 2 unspecified atom stereocenters. The second-order valence-corrected chi connectivity index (χ2v) is 6.49. The lowest BCUT2D eigenvalue weighted by molar-refractivity contribution is -0.122. The van der Waals surface area contributed by atoms with Crippen LogP contribution in [0.15, 0.2) is 24.3 Å². The molecular weight excluding hydrogens is 292 g/mol. The molecule has 128 valence electrons. The van der Waals surface area contributed by atoms with Crippen LogP contribution in [0.5, 0.6) is 5.75 Å². The molecule has 0 radical (unpaired) electrons. The van der Waals surface area contributed by atoms with Gasteiger partial charge in [0.25, 0.3) is 0 Å². The molecule has 1 aliphatic rings. The van der Waals surface area contributed by atoms with Gasteiger partial charge in [-0.15, -0.1) is 0 Å². The maximum Gasteiger partial charge on any atom is 0.222 e. The largest absolute Gasteiger partial charge is 0.493 e. The number of ether oxygens (including phenoxy) is 2. The summed E-state index contributed by atoms with van der Waals surface area (Å²) in [6.07, 6.45) is 0.444. The monoisotopic (exact) mass is 320 g/mol. The second-order valence-electron chi connectivity index (χ2n) is 6.49. The molecular formula is C18H28N2O3. The van der Waals surface area contributed by atoms with Crippen LogP contribution in [0.25, 0.3) is 0 Å². The Morgan fingerprint density at radius 1 is 1.35 bits per heavy atom. The first-order valence-corrected chi connectivity index (χ1v) is 8.38. The van der Waals surface area contributed by atoms with E-state index in [1.54, 1.807) is 0 Å². The first-order valence-electron chi connectivity index (χ1n) is 8.38. The number of hydrogen-bond donors (Lipinski definition) is 2. The van der Waals surface area contributed by atoms with Crippen LogP contribution in [0.4, 0.5) is 0 Å². The summed E-state index contributed by atoms with van der Waals surface area (Å²) in [5.41, 5.74) is 1.07. The van der Waals surface area contributed by atoms with E-state index < -0.39 is 0 Å². The fourth-order valence-electron chi connectivity index (χ4n) is 2.47. The molecule has 2 rings (SSSR count). The van der Waals surface area contributed by atoms with E-state index in [1.165, 1.54) is 0 Å². The highest BCUT2D eigenvalue weighted by atomic mass is 16.5. The van der Waals surface area contributed by atoms with Gasteiger partial charge in [-0.25, -0.2) is 0 Å². The van der Waals surface area contributed by atoms with Crippen molar-refractivity contribution in [3.63, 3.8) is 0 Å². The summed E-state index contributed by atoms with van der Waals surface area (Å²) in [7, 11) is 0. The Balaban J connectivity index is 1.79. The van der Waals surface area contributed by atoms with Gasteiger partial charge in [0.15, 0.2) is 0 Å². The van der Waals surface area contributed by atoms with Gasteiger partial charge in [0, 0.05) is 19.0 Å². The van der Waals surface area contributed by atoms with Crippen LogP contribution >= 0.6 is 0 Å². The fourth-order valence-corrected chi connectivity index (χ4v) is 2.47. The maximum absolute atomic E-state index is 12.1. The Bertz CT molecular complexity index is 482. The number of carbonyl (C=O) groups is 1. The molecule has 5 heteroatoms. The van der Waals surface area contributed by atoms with Crippen LogP contribution in [0, 0.1) is 5.92 Å². The molecule has 1 fully saturated rings. The molecule has 0 aromatic heterocycles. The lowest BCUT2D eigenvalue weighted by Crippen LogP contribution is -2.44. The summed E-state index contributed by atoms with van der Waals surface area (Å²) in [6, 6.07) is 8.01. The summed E-state index contributed by atoms with van der Waals surface area (Å²) < 4.78 is 11.0. The summed E-state index contributed by atoms with van der Waals surface area (Å²) in [5, 5.41) is 6.33. The van der Waals surface area contributed by atoms with Gasteiger partial charge in [-0.2, -0.15) is 0 Å². The van der Waals surface area contributed by atoms with Crippen molar-refractivity contribution in [1.29, 1.82) is 0 Å². The minimum absolute atomic E-state index is 0.0221. The minimum atomic E-state index is -0.0221. The predicted molar refractivity (Wildman–Crippen MR) is 90.6 cm³/mol. The van der Waals surface area contributed by atoms with E-state index in [-0.39, 0.29) is 18.0 Å². The highest BCUT2D eigenvalue weighted by Crippen LogP contribution is 2.18. The molecule has 1 aromatic carbocycles. The van der Waals surface area contributed by atoms with E-state index in [1.807, 2.05) is 31.2 Å². The predicted octanol–water partition coefficient (Wildman–Crippen LogP) is 2.28. The van der Waals surface area contributed by atoms with E-state index in [4.69, 9.17) is 9.47 Å². The molecule has 0 bridgehead atoms. The number of benzene rings is 1. The number of hydrogen-bond acceptors (Lipinski definition) is 4. The van der Waals surface area contributed by atoms with Crippen molar-refractivity contribution in [2.75, 3.05) is 26.4 Å². The quantitative estimate of drug-likeness (QED) is 0.809. The van der Waals surface area contributed by atoms with E-state index in [0.717, 1.165) is 24.5 Å². The fraction of sp³-hybridized carbons (Fsp3) is 0.611. The van der Waals surface area contributed by atoms with Gasteiger partial charge in [-0.3, -0.25) is 4.79 Å². The third kappa shape index (κ3) is 6.20. The van der Waals surface area contributed by atoms with Crippen molar-refractivity contribution < 1.29 is 14.3 Å². The summed E-state index contributed by atoms with van der Waals surface area (Å²) in [6.45, 7) is 9.08. The van der Waals surface area contributed by atoms with E-state index in [0.29, 0.717) is 25.6 Å². The van der Waals surface area contributed by atoms with Gasteiger partial charge in [0.2, 0.25) is 5.91 Å². The number of morpholine rings is 1. The van der Waals surface area contributed by atoms with E-state index in [9.17, 15) is 4.79 Å². The first kappa shape index (κ1) is 17.8. The van der Waals surface area contributed by atoms with Crippen molar-refractivity contribution in [3.8, 4) is 5.75 Å². The Hall–Kier alpha value is -1.59. The standard InChI is InChI=1S/C18H28N2O3/c1-13(2)11-23-17-6-4-15(5-7-17)14(3)20-18(21)10-16-12-22-9-8-19-16/h4-7,13-14,16,19H,8-12H2,1-3H3,(H,20,21). The van der Waals surface area contributed by atoms with Gasteiger partial charge in [0.1, 0.15) is 5.75 Å². The number of nitrogens with one attached hydrogen (secondary N) is 2. The Kier molecular flexibility index (Phi) is 6.86. The first-order chi connectivity index (χ1) is 11.0. The Morgan fingerprint density at radius 3 is 2.70 bits per heavy atom. The molecule has 0 spiro atoms. The molecule has 5 nitrogen and oxygen atoms in total. The third-order valence-corrected chi connectivity index (χ3v) is 3.77. The van der Waals surface area contributed by atoms with Crippen molar-refractivity contribution in [3.05, 3.63) is 29.8 Å². The smallest absolute Gasteiger partial charge is 0.222 e. The Labute approximate surface area is 138 Å². The maximum atomic E-state index is 12.1. The lowest BCUT2D eigenvalue weighted by Gasteiger charge is -2.24. The van der Waals surface area contributed by atoms with Crippen LogP contribution in [0.1, 0.15) is 38.8 Å². The zero-order valence-electron chi connectivity index (χ0n) is 14.3. The second kappa shape index (κ2) is 8.89. The lowest BCUT2D eigenvalue weighted by atomic mass is 10.1. The van der Waals surface area contributed by atoms with Gasteiger partial charge < -0.3 is 20.1 Å². The molecule has 0 saturated carbocycles. The summed E-state index contributed by atoms with van der Waals surface area (Å²) in [4.78, 5) is 12.1. The minimum Gasteiger partial charge on any atom is -0.493 e. The van der Waals surface area contributed by atoms with Crippen LogP contribution < -0.4 is 15.4 Å². The van der Waals surface area contributed by atoms with Gasteiger partial charge in [-0.05, 0) is 30.5 Å². The molecule has 1 amide bonds. The van der Waals surface area contributed by atoms with E-state index >= 15 is 0 Å². The molecule has 1 aromatic rings. The van der Waals surface area contributed by atoms with E-state index in [2.05, 4.69) is 24.5 Å². The van der Waals surface area contributed by atoms with Crippen LogP contribution in [0.3, 0.4) is 0 Å². The summed E-state index contributed by atoms with van der Waals surface area (Å²) in [5.74, 6) is 1.41. The zero-order chi connectivity index (χ0) is 16.7. The van der Waals surface area contributed by atoms with Gasteiger partial charge >= 0.3 is 0 Å². The molecule has 2 atom stereocenters. The average Bonchev–Trinajstić information content (AvgIpc) is 2.54. The van der Waals surface area contributed by atoms with Crippen molar-refractivity contribution in [2.45, 2.75) is 39.3 Å². The molecule has 0 aliphatic carbocycles. The zero-order valence-corrected chi connectivity index (χ0v) is 14.3. The number of amides is 1. The SMILES string of the molecule is CC(C)COc1ccc(C(C)NC(=O)CC2COCCN2)cc1. The van der Waals surface area contributed by atoms with Gasteiger partial charge in [-0.1, -0.05) is 26.0 Å². The third-order valence-electron chi connectivity index (χ3n) is 3.77. The van der Waals surface area contributed by atoms with Crippen LogP contribution in [0.2, 0.25) is 0 Å². The number of rotatable bonds is 7. The highest BCUT2D eigenvalue weighted by Gasteiger charge is 2.18. The normalized spacial score (nSPS) is 19.4. The average molecular weight is 320 g/mol. The number of carbonyl (C=O) groups excluding carboxylic acids is 1. The molecule has 23 heavy (non-hydrogen) atoms. The van der Waals surface area contributed by atoms with Gasteiger partial charge in [0.05, 0.1) is 25.9 Å². The molecule has 2 N–H and O–H groups in total. The molecule has 1 aliphatic heterocycles. The van der Waals surface area contributed by atoms with Crippen LogP contribution in [-0.4, -0.2) is 38.3 Å². The van der Waals surface area contributed by atoms with Crippen molar-refractivity contribution in [1.82, 2.24) is 10.6 Å². The highest BCUT2D eigenvalue weighted by molar-refractivity contribution is 5.77.